The number of halogens is 3. The number of ether oxygens (including phenoxy) is 1. The number of primary amides is 1. The van der Waals surface area contributed by atoms with Crippen LogP contribution in [0.1, 0.15) is 42.4 Å². The molecule has 7 nitrogen and oxygen atoms in total. The van der Waals surface area contributed by atoms with Gasteiger partial charge in [-0.25, -0.2) is 4.98 Å². The predicted molar refractivity (Wildman–Crippen MR) is 114 cm³/mol. The highest BCUT2D eigenvalue weighted by atomic mass is 32.1. The minimum atomic E-state index is -4.71. The second kappa shape index (κ2) is 9.60. The molecule has 1 amide bonds. The van der Waals surface area contributed by atoms with Crippen molar-refractivity contribution in [3.05, 3.63) is 52.4 Å². The second-order valence-electron chi connectivity index (χ2n) is 8.15. The largest absolute Gasteiger partial charge is 0.471 e. The fourth-order valence-corrected chi connectivity index (χ4v) is 5.22. The van der Waals surface area contributed by atoms with E-state index in [-0.39, 0.29) is 18.7 Å². The van der Waals surface area contributed by atoms with E-state index in [0.29, 0.717) is 32.5 Å². The van der Waals surface area contributed by atoms with Crippen LogP contribution in [0.15, 0.2) is 40.2 Å². The summed E-state index contributed by atoms with van der Waals surface area (Å²) in [6.45, 7) is 1.07. The van der Waals surface area contributed by atoms with Gasteiger partial charge < -0.3 is 15.0 Å². The van der Waals surface area contributed by atoms with E-state index in [9.17, 15) is 18.0 Å². The molecule has 2 N–H and O–H groups in total. The van der Waals surface area contributed by atoms with Crippen molar-refractivity contribution >= 4 is 17.2 Å². The maximum atomic E-state index is 12.7. The van der Waals surface area contributed by atoms with Gasteiger partial charge in [0.15, 0.2) is 5.82 Å². The zero-order valence-electron chi connectivity index (χ0n) is 17.7. The SMILES string of the molecule is NC(=O)C(CCc1noc(C(F)(F)F)n1)CC1(c2nc(-c3ccccc3)cs2)CCOCC1. The molecule has 1 aliphatic heterocycles. The average Bonchev–Trinajstić information content (AvgIpc) is 3.48. The Hall–Kier alpha value is -2.79. The van der Waals surface area contributed by atoms with Crippen LogP contribution < -0.4 is 5.73 Å². The fourth-order valence-electron chi connectivity index (χ4n) is 4.12. The second-order valence-corrected chi connectivity index (χ2v) is 9.01. The van der Waals surface area contributed by atoms with Gasteiger partial charge in [0.25, 0.3) is 0 Å². The summed E-state index contributed by atoms with van der Waals surface area (Å²) in [7, 11) is 0. The number of rotatable bonds is 8. The van der Waals surface area contributed by atoms with Crippen molar-refractivity contribution < 1.29 is 27.2 Å². The molecule has 176 valence electrons. The molecule has 3 aromatic rings. The molecule has 11 heteroatoms. The van der Waals surface area contributed by atoms with Crippen molar-refractivity contribution in [3.8, 4) is 11.3 Å². The summed E-state index contributed by atoms with van der Waals surface area (Å²) in [6.07, 6.45) is -2.66. The van der Waals surface area contributed by atoms with Crippen molar-refractivity contribution in [1.29, 1.82) is 0 Å². The average molecular weight is 481 g/mol. The normalized spacial score (nSPS) is 17.1. The number of nitrogens with two attached hydrogens (primary N) is 1. The number of nitrogens with zero attached hydrogens (tertiary/aromatic N) is 3. The summed E-state index contributed by atoms with van der Waals surface area (Å²) in [5.41, 5.74) is 7.17. The van der Waals surface area contributed by atoms with Crippen LogP contribution in [0.5, 0.6) is 0 Å². The molecule has 2 aromatic heterocycles. The van der Waals surface area contributed by atoms with Gasteiger partial charge in [-0.3, -0.25) is 4.79 Å². The highest BCUT2D eigenvalue weighted by molar-refractivity contribution is 7.10. The molecule has 1 atom stereocenters. The van der Waals surface area contributed by atoms with E-state index in [0.717, 1.165) is 16.3 Å². The number of aromatic nitrogens is 3. The van der Waals surface area contributed by atoms with Gasteiger partial charge in [0, 0.05) is 41.9 Å². The summed E-state index contributed by atoms with van der Waals surface area (Å²) in [5, 5.41) is 6.30. The van der Waals surface area contributed by atoms with Gasteiger partial charge in [-0.1, -0.05) is 35.5 Å². The van der Waals surface area contributed by atoms with E-state index in [2.05, 4.69) is 14.7 Å². The van der Waals surface area contributed by atoms with E-state index >= 15 is 0 Å². The van der Waals surface area contributed by atoms with E-state index in [1.165, 1.54) is 0 Å². The molecule has 1 saturated heterocycles. The summed E-state index contributed by atoms with van der Waals surface area (Å²) in [5.74, 6) is -2.60. The summed E-state index contributed by atoms with van der Waals surface area (Å²) in [4.78, 5) is 20.6. The van der Waals surface area contributed by atoms with Gasteiger partial charge in [-0.05, 0) is 25.7 Å². The molecule has 0 radical (unpaired) electrons. The first-order chi connectivity index (χ1) is 15.8. The van der Waals surface area contributed by atoms with E-state index in [1.54, 1.807) is 11.3 Å². The van der Waals surface area contributed by atoms with Crippen molar-refractivity contribution in [3.63, 3.8) is 0 Å². The molecular formula is C22H23F3N4O3S. The Balaban J connectivity index is 1.53. The number of benzene rings is 1. The zero-order valence-corrected chi connectivity index (χ0v) is 18.5. The Bertz CT molecular complexity index is 1080. The topological polar surface area (TPSA) is 104 Å². The maximum absolute atomic E-state index is 12.7. The van der Waals surface area contributed by atoms with Crippen molar-refractivity contribution in [2.24, 2.45) is 11.7 Å². The molecule has 0 saturated carbocycles. The number of thiazole rings is 1. The number of hydrogen-bond donors (Lipinski definition) is 1. The van der Waals surface area contributed by atoms with Crippen LogP contribution in [0.3, 0.4) is 0 Å². The Labute approximate surface area is 192 Å². The van der Waals surface area contributed by atoms with Gasteiger partial charge in [0.2, 0.25) is 5.91 Å². The highest BCUT2D eigenvalue weighted by Gasteiger charge is 2.41. The Kier molecular flexibility index (Phi) is 6.80. The first kappa shape index (κ1) is 23.4. The zero-order chi connectivity index (χ0) is 23.5. The lowest BCUT2D eigenvalue weighted by Crippen LogP contribution is -2.39. The molecule has 1 aromatic carbocycles. The number of aryl methyl sites for hydroxylation is 1. The van der Waals surface area contributed by atoms with Gasteiger partial charge in [0.1, 0.15) is 0 Å². The maximum Gasteiger partial charge on any atom is 0.471 e. The van der Waals surface area contributed by atoms with Crippen LogP contribution in [0.4, 0.5) is 13.2 Å². The Morgan fingerprint density at radius 3 is 2.55 bits per heavy atom. The predicted octanol–water partition coefficient (Wildman–Crippen LogP) is 4.38. The van der Waals surface area contributed by atoms with Crippen LogP contribution in [-0.2, 0) is 27.5 Å². The molecule has 1 aliphatic rings. The lowest BCUT2D eigenvalue weighted by Gasteiger charge is -2.37. The number of alkyl halides is 3. The van der Waals surface area contributed by atoms with Crippen LogP contribution in [0.25, 0.3) is 11.3 Å². The van der Waals surface area contributed by atoms with E-state index < -0.39 is 29.3 Å². The third-order valence-electron chi connectivity index (χ3n) is 5.94. The molecule has 4 rings (SSSR count). The Morgan fingerprint density at radius 2 is 1.91 bits per heavy atom. The van der Waals surface area contributed by atoms with Gasteiger partial charge in [0.05, 0.1) is 10.7 Å². The standard InChI is InChI=1S/C22H23F3N4O3S/c23-22(24,25)19-28-17(29-32-19)7-6-15(18(26)30)12-21(8-10-31-11-9-21)20-27-16(13-33-20)14-4-2-1-3-5-14/h1-5,13,15H,6-12H2,(H2,26,30). The van der Waals surface area contributed by atoms with Crippen molar-refractivity contribution in [2.75, 3.05) is 13.2 Å². The third-order valence-corrected chi connectivity index (χ3v) is 7.03. The van der Waals surface area contributed by atoms with Crippen LogP contribution in [0, 0.1) is 5.92 Å². The minimum absolute atomic E-state index is 0.0485. The van der Waals surface area contributed by atoms with E-state index in [4.69, 9.17) is 15.5 Å². The molecule has 1 unspecified atom stereocenters. The fraction of sp³-hybridized carbons (Fsp3) is 0.455. The molecule has 33 heavy (non-hydrogen) atoms. The first-order valence-electron chi connectivity index (χ1n) is 10.6. The number of amides is 1. The van der Waals surface area contributed by atoms with Gasteiger partial charge in [-0.15, -0.1) is 11.3 Å². The quantitative estimate of drug-likeness (QED) is 0.513. The highest BCUT2D eigenvalue weighted by Crippen LogP contribution is 2.43. The van der Waals surface area contributed by atoms with Crippen LogP contribution in [-0.4, -0.2) is 34.2 Å². The molecule has 3 heterocycles. The van der Waals surface area contributed by atoms with Gasteiger partial charge in [-0.2, -0.15) is 18.2 Å². The van der Waals surface area contributed by atoms with Gasteiger partial charge >= 0.3 is 12.1 Å². The van der Waals surface area contributed by atoms with Crippen molar-refractivity contribution in [1.82, 2.24) is 15.1 Å². The monoisotopic (exact) mass is 480 g/mol. The number of hydrogen-bond acceptors (Lipinski definition) is 7. The first-order valence-corrected chi connectivity index (χ1v) is 11.4. The summed E-state index contributed by atoms with van der Waals surface area (Å²) < 4.78 is 48.0. The third kappa shape index (κ3) is 5.41. The summed E-state index contributed by atoms with van der Waals surface area (Å²) in [6, 6.07) is 9.81. The van der Waals surface area contributed by atoms with Crippen molar-refractivity contribution in [2.45, 2.75) is 43.7 Å². The number of carbonyl (C=O) groups is 1. The smallest absolute Gasteiger partial charge is 0.381 e. The molecule has 0 aliphatic carbocycles. The minimum Gasteiger partial charge on any atom is -0.381 e. The molecule has 0 spiro atoms. The molecule has 0 bridgehead atoms. The van der Waals surface area contributed by atoms with Crippen LogP contribution in [0.2, 0.25) is 0 Å². The lowest BCUT2D eigenvalue weighted by atomic mass is 9.72. The summed E-state index contributed by atoms with van der Waals surface area (Å²) >= 11 is 1.54. The number of carbonyl (C=O) groups excluding carboxylic acids is 1. The molecule has 1 fully saturated rings. The Morgan fingerprint density at radius 1 is 1.18 bits per heavy atom. The lowest BCUT2D eigenvalue weighted by molar-refractivity contribution is -0.159. The molecular weight excluding hydrogens is 457 g/mol. The van der Waals surface area contributed by atoms with Crippen LogP contribution >= 0.6 is 11.3 Å². The van der Waals surface area contributed by atoms with E-state index in [1.807, 2.05) is 35.7 Å².